The molecule has 1 saturated carbocycles. The minimum absolute atomic E-state index is 0.536. The number of carboxylic acids is 1. The molecule has 1 aliphatic carbocycles. The molecule has 1 rings (SSSR count). The van der Waals surface area contributed by atoms with Crippen LogP contribution in [0.25, 0.3) is 0 Å². The molecule has 2 atom stereocenters. The van der Waals surface area contributed by atoms with Crippen LogP contribution < -0.4 is 0 Å². The lowest BCUT2D eigenvalue weighted by Crippen LogP contribution is -2.52. The van der Waals surface area contributed by atoms with Gasteiger partial charge in [-0.05, 0) is 40.0 Å². The van der Waals surface area contributed by atoms with Crippen molar-refractivity contribution in [3.63, 3.8) is 0 Å². The summed E-state index contributed by atoms with van der Waals surface area (Å²) in [6, 6.07) is 0. The van der Waals surface area contributed by atoms with Gasteiger partial charge in [0.1, 0.15) is 0 Å². The topological polar surface area (TPSA) is 57.5 Å². The van der Waals surface area contributed by atoms with Crippen molar-refractivity contribution in [1.29, 1.82) is 0 Å². The second-order valence-electron chi connectivity index (χ2n) is 5.39. The number of carboxylic acid groups (broad SMARTS) is 1. The number of rotatable bonds is 2. The summed E-state index contributed by atoms with van der Waals surface area (Å²) < 4.78 is 0. The fraction of sp³-hybridized carbons (Fsp3) is 0.909. The summed E-state index contributed by atoms with van der Waals surface area (Å²) >= 11 is 0. The highest BCUT2D eigenvalue weighted by molar-refractivity contribution is 5.75. The van der Waals surface area contributed by atoms with Gasteiger partial charge in [0.05, 0.1) is 11.0 Å². The molecule has 0 aliphatic heterocycles. The first-order valence-electron chi connectivity index (χ1n) is 5.11. The highest BCUT2D eigenvalue weighted by atomic mass is 16.4. The Morgan fingerprint density at radius 1 is 1.29 bits per heavy atom. The van der Waals surface area contributed by atoms with Crippen LogP contribution in [0.5, 0.6) is 0 Å². The lowest BCUT2D eigenvalue weighted by atomic mass is 9.59. The second-order valence-corrected chi connectivity index (χ2v) is 5.39. The van der Waals surface area contributed by atoms with E-state index in [2.05, 4.69) is 0 Å². The minimum Gasteiger partial charge on any atom is -0.481 e. The fourth-order valence-electron chi connectivity index (χ4n) is 2.55. The van der Waals surface area contributed by atoms with E-state index in [1.807, 2.05) is 6.92 Å². The predicted molar refractivity (Wildman–Crippen MR) is 54.0 cm³/mol. The Hall–Kier alpha value is -0.570. The van der Waals surface area contributed by atoms with E-state index in [-0.39, 0.29) is 0 Å². The summed E-state index contributed by atoms with van der Waals surface area (Å²) in [5.74, 6) is -0.831. The average Bonchev–Trinajstić information content (AvgIpc) is 2.27. The molecule has 0 spiro atoms. The summed E-state index contributed by atoms with van der Waals surface area (Å²) in [5.41, 5.74) is -2.28. The van der Waals surface area contributed by atoms with Crippen molar-refractivity contribution < 1.29 is 15.0 Å². The van der Waals surface area contributed by atoms with E-state index < -0.39 is 22.4 Å². The molecule has 0 aromatic carbocycles. The molecule has 0 amide bonds. The Balaban J connectivity index is 3.12. The number of hydrogen-bond donors (Lipinski definition) is 2. The van der Waals surface area contributed by atoms with Crippen molar-refractivity contribution in [3.05, 3.63) is 0 Å². The molecule has 0 heterocycles. The van der Waals surface area contributed by atoms with Crippen molar-refractivity contribution in [2.24, 2.45) is 10.8 Å². The van der Waals surface area contributed by atoms with Crippen LogP contribution in [-0.4, -0.2) is 21.8 Å². The number of carbonyl (C=O) groups is 1. The Morgan fingerprint density at radius 2 is 1.79 bits per heavy atom. The molecular weight excluding hydrogens is 180 g/mol. The normalized spacial score (nSPS) is 38.6. The van der Waals surface area contributed by atoms with Crippen LogP contribution in [0.1, 0.15) is 47.0 Å². The zero-order chi connectivity index (χ0) is 11.2. The van der Waals surface area contributed by atoms with Gasteiger partial charge in [-0.15, -0.1) is 0 Å². The van der Waals surface area contributed by atoms with Gasteiger partial charge in [0.2, 0.25) is 0 Å². The first-order chi connectivity index (χ1) is 6.15. The third kappa shape index (κ3) is 1.26. The van der Waals surface area contributed by atoms with E-state index in [1.54, 1.807) is 20.8 Å². The SMILES string of the molecule is CC1(O)CCCC1(C)C(C)(C)C(=O)O. The van der Waals surface area contributed by atoms with Gasteiger partial charge in [0.25, 0.3) is 0 Å². The third-order valence-corrected chi connectivity index (χ3v) is 4.44. The maximum atomic E-state index is 11.2. The number of hydrogen-bond acceptors (Lipinski definition) is 2. The Labute approximate surface area is 85.1 Å². The Morgan fingerprint density at radius 3 is 2.07 bits per heavy atom. The quantitative estimate of drug-likeness (QED) is 0.717. The van der Waals surface area contributed by atoms with Gasteiger partial charge < -0.3 is 10.2 Å². The molecule has 0 bridgehead atoms. The summed E-state index contributed by atoms with van der Waals surface area (Å²) in [7, 11) is 0. The van der Waals surface area contributed by atoms with Crippen LogP contribution in [0.4, 0.5) is 0 Å². The first kappa shape index (κ1) is 11.5. The molecule has 2 unspecified atom stereocenters. The van der Waals surface area contributed by atoms with E-state index in [1.165, 1.54) is 0 Å². The van der Waals surface area contributed by atoms with Crippen LogP contribution in [0.15, 0.2) is 0 Å². The molecule has 1 aliphatic rings. The maximum Gasteiger partial charge on any atom is 0.309 e. The Bertz CT molecular complexity index is 255. The van der Waals surface area contributed by atoms with Crippen molar-refractivity contribution in [2.75, 3.05) is 0 Å². The summed E-state index contributed by atoms with van der Waals surface area (Å²) in [6.45, 7) is 7.04. The smallest absolute Gasteiger partial charge is 0.309 e. The molecule has 0 aromatic rings. The summed E-state index contributed by atoms with van der Waals surface area (Å²) in [4.78, 5) is 11.2. The summed E-state index contributed by atoms with van der Waals surface area (Å²) in [5, 5.41) is 19.4. The van der Waals surface area contributed by atoms with Crippen molar-refractivity contribution >= 4 is 5.97 Å². The molecule has 82 valence electrons. The maximum absolute atomic E-state index is 11.2. The lowest BCUT2D eigenvalue weighted by Gasteiger charge is -2.46. The van der Waals surface area contributed by atoms with E-state index in [0.717, 1.165) is 12.8 Å². The van der Waals surface area contributed by atoms with Gasteiger partial charge in [-0.2, -0.15) is 0 Å². The van der Waals surface area contributed by atoms with Gasteiger partial charge in [-0.1, -0.05) is 6.92 Å². The first-order valence-corrected chi connectivity index (χ1v) is 5.11. The minimum atomic E-state index is -0.882. The summed E-state index contributed by atoms with van der Waals surface area (Å²) in [6.07, 6.45) is 2.37. The van der Waals surface area contributed by atoms with Crippen molar-refractivity contribution in [1.82, 2.24) is 0 Å². The van der Waals surface area contributed by atoms with Crippen LogP contribution in [0.3, 0.4) is 0 Å². The molecule has 0 radical (unpaired) electrons. The van der Waals surface area contributed by atoms with E-state index in [9.17, 15) is 15.0 Å². The van der Waals surface area contributed by atoms with E-state index >= 15 is 0 Å². The van der Waals surface area contributed by atoms with Crippen molar-refractivity contribution in [3.8, 4) is 0 Å². The molecule has 3 nitrogen and oxygen atoms in total. The van der Waals surface area contributed by atoms with Gasteiger partial charge >= 0.3 is 5.97 Å². The average molecular weight is 200 g/mol. The molecule has 0 aromatic heterocycles. The van der Waals surface area contributed by atoms with E-state index in [0.29, 0.717) is 6.42 Å². The monoisotopic (exact) mass is 200 g/mol. The molecule has 14 heavy (non-hydrogen) atoms. The molecule has 2 N–H and O–H groups in total. The Kier molecular flexibility index (Phi) is 2.43. The molecule has 1 fully saturated rings. The third-order valence-electron chi connectivity index (χ3n) is 4.44. The van der Waals surface area contributed by atoms with E-state index in [4.69, 9.17) is 0 Å². The number of aliphatic carboxylic acids is 1. The van der Waals surface area contributed by atoms with Crippen LogP contribution >= 0.6 is 0 Å². The molecule has 0 saturated heterocycles. The predicted octanol–water partition coefficient (Wildman–Crippen LogP) is 2.04. The fourth-order valence-corrected chi connectivity index (χ4v) is 2.55. The van der Waals surface area contributed by atoms with Gasteiger partial charge in [0.15, 0.2) is 0 Å². The lowest BCUT2D eigenvalue weighted by molar-refractivity contribution is -0.168. The largest absolute Gasteiger partial charge is 0.481 e. The second kappa shape index (κ2) is 2.96. The zero-order valence-electron chi connectivity index (χ0n) is 9.42. The highest BCUT2D eigenvalue weighted by Gasteiger charge is 2.58. The van der Waals surface area contributed by atoms with Crippen LogP contribution in [0.2, 0.25) is 0 Å². The van der Waals surface area contributed by atoms with Crippen molar-refractivity contribution in [2.45, 2.75) is 52.6 Å². The van der Waals surface area contributed by atoms with Crippen LogP contribution in [-0.2, 0) is 4.79 Å². The molecular formula is C11H20O3. The van der Waals surface area contributed by atoms with Gasteiger partial charge in [-0.3, -0.25) is 4.79 Å². The standard InChI is InChI=1S/C11H20O3/c1-9(2,8(12)13)10(3)6-5-7-11(10,4)14/h14H,5-7H2,1-4H3,(H,12,13). The zero-order valence-corrected chi connectivity index (χ0v) is 9.42. The van der Waals surface area contributed by atoms with Gasteiger partial charge in [-0.25, -0.2) is 0 Å². The molecule has 3 heteroatoms. The number of aliphatic hydroxyl groups is 1. The van der Waals surface area contributed by atoms with Crippen LogP contribution in [0, 0.1) is 10.8 Å². The highest BCUT2D eigenvalue weighted by Crippen LogP contribution is 2.56. The van der Waals surface area contributed by atoms with Gasteiger partial charge in [0, 0.05) is 5.41 Å².